The fraction of sp³-hybridized carbons (Fsp3) is 0.836. The molecule has 12 nitrogen and oxygen atoms in total. The number of carboxylic acids is 1. The van der Waals surface area contributed by atoms with Crippen LogP contribution in [0.5, 0.6) is 0 Å². The standard InChI is InChI=1S/C61H108O12/c1-4-7-10-13-16-19-22-24-25-26-27-28-29-31-33-35-38-41-44-47-53(62)69-50-52(71-54(63)48-45-42-39-37-34-30-23-20-17-14-11-8-5-2)51-70-61-59(57(66)56(65)58(73-61)60(67)68)72-55(64)49-46-43-40-36-32-21-18-15-12-9-6-3/h16,19-20,23-25,52,56-59,61,65-66H,4-15,17-18,21-22,26-51H2,1-3H3,(H,67,68)/b19-16-,23-20-,25-24-. The van der Waals surface area contributed by atoms with Gasteiger partial charge in [-0.1, -0.05) is 218 Å². The van der Waals surface area contributed by atoms with E-state index < -0.39 is 67.3 Å². The minimum atomic E-state index is -1.90. The van der Waals surface area contributed by atoms with E-state index in [0.717, 1.165) is 96.3 Å². The molecule has 424 valence electrons. The number of carboxylic acid groups (broad SMARTS) is 1. The summed E-state index contributed by atoms with van der Waals surface area (Å²) in [5, 5.41) is 31.4. The number of carbonyl (C=O) groups excluding carboxylic acids is 3. The first kappa shape index (κ1) is 68.0. The number of ether oxygens (including phenoxy) is 5. The Hall–Kier alpha value is -3.06. The van der Waals surface area contributed by atoms with Gasteiger partial charge in [-0.3, -0.25) is 14.4 Å². The summed E-state index contributed by atoms with van der Waals surface area (Å²) in [6.07, 6.45) is 45.5. The smallest absolute Gasteiger partial charge is 0.335 e. The molecule has 0 aromatic carbocycles. The number of aliphatic carboxylic acids is 1. The second-order valence-corrected chi connectivity index (χ2v) is 20.6. The van der Waals surface area contributed by atoms with Crippen LogP contribution in [0.1, 0.15) is 278 Å². The van der Waals surface area contributed by atoms with Crippen molar-refractivity contribution >= 4 is 23.9 Å². The number of aliphatic hydroxyl groups excluding tert-OH is 2. The van der Waals surface area contributed by atoms with Gasteiger partial charge in [-0.15, -0.1) is 0 Å². The molecule has 1 heterocycles. The number of esters is 3. The van der Waals surface area contributed by atoms with E-state index in [1.165, 1.54) is 122 Å². The molecule has 6 unspecified atom stereocenters. The summed E-state index contributed by atoms with van der Waals surface area (Å²) in [6, 6.07) is 0. The van der Waals surface area contributed by atoms with Crippen LogP contribution in [0.2, 0.25) is 0 Å². The van der Waals surface area contributed by atoms with Gasteiger partial charge in [0.05, 0.1) is 6.61 Å². The number of carbonyl (C=O) groups is 4. The van der Waals surface area contributed by atoms with Crippen molar-refractivity contribution in [2.24, 2.45) is 0 Å². The maximum Gasteiger partial charge on any atom is 0.335 e. The molecular weight excluding hydrogens is 925 g/mol. The summed E-state index contributed by atoms with van der Waals surface area (Å²) < 4.78 is 28.4. The number of rotatable bonds is 51. The summed E-state index contributed by atoms with van der Waals surface area (Å²) >= 11 is 0. The molecule has 0 amide bonds. The molecule has 73 heavy (non-hydrogen) atoms. The van der Waals surface area contributed by atoms with Crippen molar-refractivity contribution in [2.75, 3.05) is 13.2 Å². The Kier molecular flexibility index (Phi) is 46.4. The molecule has 0 spiro atoms. The molecule has 6 atom stereocenters. The van der Waals surface area contributed by atoms with Gasteiger partial charge in [-0.25, -0.2) is 4.79 Å². The maximum absolute atomic E-state index is 13.1. The van der Waals surface area contributed by atoms with Crippen LogP contribution in [0, 0.1) is 0 Å². The van der Waals surface area contributed by atoms with Crippen LogP contribution in [-0.4, -0.2) is 89.2 Å². The third-order valence-corrected chi connectivity index (χ3v) is 13.7. The van der Waals surface area contributed by atoms with Crippen LogP contribution in [0.3, 0.4) is 0 Å². The van der Waals surface area contributed by atoms with Crippen LogP contribution in [-0.2, 0) is 42.9 Å². The van der Waals surface area contributed by atoms with Crippen LogP contribution >= 0.6 is 0 Å². The number of hydrogen-bond acceptors (Lipinski definition) is 11. The lowest BCUT2D eigenvalue weighted by Crippen LogP contribution is -2.61. The van der Waals surface area contributed by atoms with Crippen LogP contribution in [0.15, 0.2) is 36.5 Å². The largest absolute Gasteiger partial charge is 0.479 e. The zero-order valence-corrected chi connectivity index (χ0v) is 46.6. The average Bonchev–Trinajstić information content (AvgIpc) is 3.37. The molecule has 1 aliphatic rings. The Bertz CT molecular complexity index is 1410. The van der Waals surface area contributed by atoms with Crippen molar-refractivity contribution in [3.8, 4) is 0 Å². The van der Waals surface area contributed by atoms with Gasteiger partial charge < -0.3 is 39.0 Å². The second-order valence-electron chi connectivity index (χ2n) is 20.6. The SMILES string of the molecule is CCCCC/C=C\C/C=C\CCCCCCCCCCCC(=O)OCC(COC1OC(C(=O)O)C(O)C(O)C1OC(=O)CCCCCCCCCCCCC)OC(=O)CCCCCCC/C=C\CCCCCC. The third kappa shape index (κ3) is 39.9. The molecule has 0 aromatic heterocycles. The summed E-state index contributed by atoms with van der Waals surface area (Å²) in [4.78, 5) is 51.0. The summed E-state index contributed by atoms with van der Waals surface area (Å²) in [5.74, 6) is -3.11. The first-order valence-electron chi connectivity index (χ1n) is 30.0. The van der Waals surface area contributed by atoms with Gasteiger partial charge >= 0.3 is 23.9 Å². The molecular formula is C61H108O12. The zero-order valence-electron chi connectivity index (χ0n) is 46.6. The lowest BCUT2D eigenvalue weighted by Gasteiger charge is -2.40. The highest BCUT2D eigenvalue weighted by Crippen LogP contribution is 2.26. The van der Waals surface area contributed by atoms with E-state index in [9.17, 15) is 34.5 Å². The van der Waals surface area contributed by atoms with E-state index >= 15 is 0 Å². The Balaban J connectivity index is 2.66. The van der Waals surface area contributed by atoms with E-state index in [4.69, 9.17) is 23.7 Å². The molecule has 1 rings (SSSR count). The molecule has 1 fully saturated rings. The van der Waals surface area contributed by atoms with Crippen LogP contribution in [0.25, 0.3) is 0 Å². The normalized spacial score (nSPS) is 18.5. The fourth-order valence-electron chi connectivity index (χ4n) is 9.04. The Morgan fingerprint density at radius 2 is 0.822 bits per heavy atom. The molecule has 0 bridgehead atoms. The minimum Gasteiger partial charge on any atom is -0.479 e. The van der Waals surface area contributed by atoms with Gasteiger partial charge in [0.1, 0.15) is 18.8 Å². The first-order valence-corrected chi connectivity index (χ1v) is 30.0. The van der Waals surface area contributed by atoms with Crippen molar-refractivity contribution < 1.29 is 58.2 Å². The third-order valence-electron chi connectivity index (χ3n) is 13.7. The molecule has 1 aliphatic heterocycles. The van der Waals surface area contributed by atoms with Gasteiger partial charge in [-0.05, 0) is 77.0 Å². The van der Waals surface area contributed by atoms with E-state index in [1.54, 1.807) is 0 Å². The lowest BCUT2D eigenvalue weighted by molar-refractivity contribution is -0.301. The van der Waals surface area contributed by atoms with Gasteiger partial charge in [0.25, 0.3) is 0 Å². The lowest BCUT2D eigenvalue weighted by atomic mass is 9.98. The molecule has 12 heteroatoms. The number of unbranched alkanes of at least 4 members (excludes halogenated alkanes) is 31. The molecule has 0 radical (unpaired) electrons. The number of allylic oxidation sites excluding steroid dienone is 6. The average molecular weight is 1030 g/mol. The van der Waals surface area contributed by atoms with Gasteiger partial charge in [0.2, 0.25) is 0 Å². The quantitative estimate of drug-likeness (QED) is 0.0228. The molecule has 0 aliphatic carbocycles. The van der Waals surface area contributed by atoms with Crippen molar-refractivity contribution in [1.29, 1.82) is 0 Å². The Morgan fingerprint density at radius 1 is 0.452 bits per heavy atom. The zero-order chi connectivity index (χ0) is 53.3. The van der Waals surface area contributed by atoms with Gasteiger partial charge in [-0.2, -0.15) is 0 Å². The highest BCUT2D eigenvalue weighted by Gasteiger charge is 2.50. The van der Waals surface area contributed by atoms with Gasteiger partial charge in [0, 0.05) is 19.3 Å². The monoisotopic (exact) mass is 1030 g/mol. The van der Waals surface area contributed by atoms with Crippen molar-refractivity contribution in [3.05, 3.63) is 36.5 Å². The molecule has 3 N–H and O–H groups in total. The van der Waals surface area contributed by atoms with E-state index in [1.807, 2.05) is 0 Å². The molecule has 0 saturated carbocycles. The predicted octanol–water partition coefficient (Wildman–Crippen LogP) is 15.2. The summed E-state index contributed by atoms with van der Waals surface area (Å²) in [7, 11) is 0. The van der Waals surface area contributed by atoms with Crippen LogP contribution in [0.4, 0.5) is 0 Å². The Morgan fingerprint density at radius 3 is 1.29 bits per heavy atom. The summed E-state index contributed by atoms with van der Waals surface area (Å²) in [5.41, 5.74) is 0. The summed E-state index contributed by atoms with van der Waals surface area (Å²) in [6.45, 7) is 5.94. The van der Waals surface area contributed by atoms with E-state index in [0.29, 0.717) is 19.3 Å². The predicted molar refractivity (Wildman–Crippen MR) is 294 cm³/mol. The highest BCUT2D eigenvalue weighted by molar-refractivity contribution is 5.74. The second kappa shape index (κ2) is 49.8. The van der Waals surface area contributed by atoms with Crippen molar-refractivity contribution in [1.82, 2.24) is 0 Å². The first-order chi connectivity index (χ1) is 35.6. The minimum absolute atomic E-state index is 0.0636. The number of aliphatic hydroxyl groups is 2. The molecule has 1 saturated heterocycles. The molecule has 0 aromatic rings. The van der Waals surface area contributed by atoms with E-state index in [-0.39, 0.29) is 25.9 Å². The maximum atomic E-state index is 13.1. The highest BCUT2D eigenvalue weighted by atomic mass is 16.7. The fourth-order valence-corrected chi connectivity index (χ4v) is 9.04. The van der Waals surface area contributed by atoms with Gasteiger partial charge in [0.15, 0.2) is 24.6 Å². The topological polar surface area (TPSA) is 175 Å². The van der Waals surface area contributed by atoms with Crippen molar-refractivity contribution in [3.63, 3.8) is 0 Å². The van der Waals surface area contributed by atoms with Crippen LogP contribution < -0.4 is 0 Å². The Labute approximate surface area is 444 Å². The van der Waals surface area contributed by atoms with Crippen molar-refractivity contribution in [2.45, 2.75) is 314 Å². The number of hydrogen-bond donors (Lipinski definition) is 3. The van der Waals surface area contributed by atoms with E-state index in [2.05, 4.69) is 57.2 Å².